The van der Waals surface area contributed by atoms with Crippen LogP contribution in [-0.2, 0) is 11.8 Å². The van der Waals surface area contributed by atoms with Gasteiger partial charge in [-0.15, -0.1) is 5.10 Å². The highest BCUT2D eigenvalue weighted by Gasteiger charge is 2.46. The number of esters is 1. The molecule has 0 N–H and O–H groups in total. The summed E-state index contributed by atoms with van der Waals surface area (Å²) in [5.74, 6) is -1.15. The van der Waals surface area contributed by atoms with E-state index in [9.17, 15) is 9.59 Å². The van der Waals surface area contributed by atoms with Crippen molar-refractivity contribution >= 4 is 11.9 Å². The first kappa shape index (κ1) is 27.8. The fourth-order valence-corrected chi connectivity index (χ4v) is 6.14. The molecule has 1 saturated heterocycles. The number of hydrogen-bond acceptors (Lipinski definition) is 6. The number of ether oxygens (including phenoxy) is 1. The van der Waals surface area contributed by atoms with Crippen molar-refractivity contribution in [1.29, 1.82) is 0 Å². The summed E-state index contributed by atoms with van der Waals surface area (Å²) in [4.78, 5) is 28.1. The average molecular weight is 571 g/mol. The van der Waals surface area contributed by atoms with E-state index in [0.717, 1.165) is 30.7 Å². The van der Waals surface area contributed by atoms with Crippen LogP contribution in [0.4, 0.5) is 4.39 Å². The van der Waals surface area contributed by atoms with Crippen LogP contribution in [0.3, 0.4) is 0 Å². The smallest absolute Gasteiger partial charge is 0.341 e. The lowest BCUT2D eigenvalue weighted by atomic mass is 9.84. The zero-order valence-electron chi connectivity index (χ0n) is 24.4. The Kier molecular flexibility index (Phi) is 7.16. The molecule has 42 heavy (non-hydrogen) atoms. The molecule has 2 aromatic carbocycles. The van der Waals surface area contributed by atoms with Crippen molar-refractivity contribution in [2.24, 2.45) is 12.5 Å². The Bertz CT molecular complexity index is 1660. The number of aryl methyl sites for hydroxylation is 1. The van der Waals surface area contributed by atoms with Crippen LogP contribution >= 0.6 is 0 Å². The summed E-state index contributed by atoms with van der Waals surface area (Å²) in [5, 5.41) is 12.9. The van der Waals surface area contributed by atoms with Gasteiger partial charge in [-0.1, -0.05) is 43.3 Å². The van der Waals surface area contributed by atoms with Crippen molar-refractivity contribution in [3.8, 4) is 16.8 Å². The lowest BCUT2D eigenvalue weighted by Gasteiger charge is -2.38. The van der Waals surface area contributed by atoms with E-state index in [1.165, 1.54) is 6.20 Å². The second-order valence-electron chi connectivity index (χ2n) is 12.1. The maximum absolute atomic E-state index is 16.0. The molecule has 2 fully saturated rings. The molecule has 3 heterocycles. The molecule has 2 atom stereocenters. The summed E-state index contributed by atoms with van der Waals surface area (Å²) in [6.07, 6.45) is 6.16. The Morgan fingerprint density at radius 1 is 1.12 bits per heavy atom. The van der Waals surface area contributed by atoms with E-state index in [-0.39, 0.29) is 35.3 Å². The van der Waals surface area contributed by atoms with E-state index < -0.39 is 11.8 Å². The molecule has 1 aliphatic carbocycles. The molecule has 4 aromatic rings. The molecule has 0 unspecified atom stereocenters. The van der Waals surface area contributed by atoms with E-state index in [0.29, 0.717) is 35.5 Å². The standard InChI is InChI=1S/C32H35FN6O3/c1-5-42-31(41)26-17-34-39(29(26)25-16-24(25)27-18-37(4)36-35-27)21-10-6-9-20(15-21)22-11-7-12-23(28(22)33)30(40)38-14-8-13-32(2,3)19-38/h6-7,9-12,15,17-18,24-25H,5,8,13-14,16,19H2,1-4H3/t24-,25-/m1/s1. The van der Waals surface area contributed by atoms with Crippen LogP contribution in [0, 0.1) is 11.2 Å². The molecule has 1 aliphatic heterocycles. The Morgan fingerprint density at radius 2 is 1.93 bits per heavy atom. The minimum absolute atomic E-state index is 0.00117. The summed E-state index contributed by atoms with van der Waals surface area (Å²) < 4.78 is 24.7. The average Bonchev–Trinajstić information content (AvgIpc) is 3.41. The molecule has 218 valence electrons. The number of amides is 1. The number of piperidine rings is 1. The molecular formula is C32H35FN6O3. The third-order valence-electron chi connectivity index (χ3n) is 8.26. The van der Waals surface area contributed by atoms with Gasteiger partial charge in [-0.25, -0.2) is 13.9 Å². The van der Waals surface area contributed by atoms with Gasteiger partial charge in [-0.3, -0.25) is 9.48 Å². The number of aromatic nitrogens is 5. The van der Waals surface area contributed by atoms with Crippen molar-refractivity contribution in [2.75, 3.05) is 19.7 Å². The van der Waals surface area contributed by atoms with Crippen molar-refractivity contribution in [3.63, 3.8) is 0 Å². The lowest BCUT2D eigenvalue weighted by molar-refractivity contribution is 0.0524. The SMILES string of the molecule is CCOC(=O)c1cnn(-c2cccc(-c3cccc(C(=O)N4CCCC(C)(C)C4)c3F)c2)c1[C@@H]1C[C@H]1c1cn(C)nn1. The van der Waals surface area contributed by atoms with Crippen LogP contribution in [0.15, 0.2) is 54.9 Å². The van der Waals surface area contributed by atoms with Gasteiger partial charge in [0.25, 0.3) is 5.91 Å². The minimum atomic E-state index is -0.541. The van der Waals surface area contributed by atoms with Gasteiger partial charge in [0.1, 0.15) is 11.4 Å². The molecule has 0 bridgehead atoms. The minimum Gasteiger partial charge on any atom is -0.462 e. The van der Waals surface area contributed by atoms with E-state index >= 15 is 4.39 Å². The first-order valence-corrected chi connectivity index (χ1v) is 14.5. The molecule has 1 amide bonds. The Labute approximate surface area is 244 Å². The summed E-state index contributed by atoms with van der Waals surface area (Å²) in [5.41, 5.74) is 3.70. The largest absolute Gasteiger partial charge is 0.462 e. The van der Waals surface area contributed by atoms with E-state index in [4.69, 9.17) is 4.74 Å². The molecule has 1 saturated carbocycles. The number of halogens is 1. The molecule has 6 rings (SSSR count). The molecular weight excluding hydrogens is 535 g/mol. The van der Waals surface area contributed by atoms with Gasteiger partial charge in [-0.2, -0.15) is 5.10 Å². The van der Waals surface area contributed by atoms with Gasteiger partial charge in [0.2, 0.25) is 0 Å². The maximum Gasteiger partial charge on any atom is 0.341 e. The maximum atomic E-state index is 16.0. The molecule has 0 radical (unpaired) electrons. The van der Waals surface area contributed by atoms with E-state index in [2.05, 4.69) is 29.3 Å². The second kappa shape index (κ2) is 10.8. The molecule has 2 aliphatic rings. The Morgan fingerprint density at radius 3 is 2.67 bits per heavy atom. The van der Waals surface area contributed by atoms with Crippen molar-refractivity contribution in [2.45, 2.75) is 51.9 Å². The van der Waals surface area contributed by atoms with Gasteiger partial charge in [0.15, 0.2) is 0 Å². The van der Waals surface area contributed by atoms with Crippen LogP contribution in [0.25, 0.3) is 16.8 Å². The number of benzene rings is 2. The molecule has 0 spiro atoms. The van der Waals surface area contributed by atoms with Crippen molar-refractivity contribution < 1.29 is 18.7 Å². The van der Waals surface area contributed by atoms with Gasteiger partial charge < -0.3 is 9.64 Å². The van der Waals surface area contributed by atoms with Crippen LogP contribution in [0.5, 0.6) is 0 Å². The van der Waals surface area contributed by atoms with Crippen molar-refractivity contribution in [3.05, 3.63) is 83.2 Å². The van der Waals surface area contributed by atoms with Gasteiger partial charge in [0, 0.05) is 43.7 Å². The topological polar surface area (TPSA) is 95.1 Å². The first-order valence-electron chi connectivity index (χ1n) is 14.5. The van der Waals surface area contributed by atoms with Crippen LogP contribution < -0.4 is 0 Å². The zero-order chi connectivity index (χ0) is 29.6. The van der Waals surface area contributed by atoms with Crippen LogP contribution in [0.1, 0.15) is 84.0 Å². The monoisotopic (exact) mass is 570 g/mol. The second-order valence-corrected chi connectivity index (χ2v) is 12.1. The summed E-state index contributed by atoms with van der Waals surface area (Å²) in [6, 6.07) is 12.3. The quantitative estimate of drug-likeness (QED) is 0.272. The summed E-state index contributed by atoms with van der Waals surface area (Å²) >= 11 is 0. The van der Waals surface area contributed by atoms with E-state index in [1.54, 1.807) is 39.4 Å². The fourth-order valence-electron chi connectivity index (χ4n) is 6.14. The van der Waals surface area contributed by atoms with Gasteiger partial charge in [-0.05, 0) is 55.4 Å². The molecule has 10 heteroatoms. The number of rotatable bonds is 7. The summed E-state index contributed by atoms with van der Waals surface area (Å²) in [6.45, 7) is 7.53. The Balaban J connectivity index is 1.35. The molecule has 2 aromatic heterocycles. The molecule has 9 nitrogen and oxygen atoms in total. The number of hydrogen-bond donors (Lipinski definition) is 0. The van der Waals surface area contributed by atoms with E-state index in [1.807, 2.05) is 37.5 Å². The van der Waals surface area contributed by atoms with Crippen molar-refractivity contribution in [1.82, 2.24) is 29.7 Å². The normalized spacial score (nSPS) is 19.5. The summed E-state index contributed by atoms with van der Waals surface area (Å²) in [7, 11) is 1.82. The predicted molar refractivity (Wildman–Crippen MR) is 155 cm³/mol. The lowest BCUT2D eigenvalue weighted by Crippen LogP contribution is -2.43. The number of likely N-dealkylation sites (tertiary alicyclic amines) is 1. The number of carbonyl (C=O) groups excluding carboxylic acids is 2. The third kappa shape index (κ3) is 5.21. The Hall–Kier alpha value is -4.34. The van der Waals surface area contributed by atoms with Crippen LogP contribution in [-0.4, -0.2) is 61.2 Å². The highest BCUT2D eigenvalue weighted by Crippen LogP contribution is 2.55. The third-order valence-corrected chi connectivity index (χ3v) is 8.26. The highest BCUT2D eigenvalue weighted by atomic mass is 19.1. The number of carbonyl (C=O) groups is 2. The fraction of sp³-hybridized carbons (Fsp3) is 0.406. The zero-order valence-corrected chi connectivity index (χ0v) is 24.4. The number of nitrogens with zero attached hydrogens (tertiary/aromatic N) is 6. The van der Waals surface area contributed by atoms with Crippen LogP contribution in [0.2, 0.25) is 0 Å². The van der Waals surface area contributed by atoms with Gasteiger partial charge in [0.05, 0.1) is 35.4 Å². The predicted octanol–water partition coefficient (Wildman–Crippen LogP) is 5.52. The van der Waals surface area contributed by atoms with Gasteiger partial charge >= 0.3 is 5.97 Å². The highest BCUT2D eigenvalue weighted by molar-refractivity contribution is 5.96. The first-order chi connectivity index (χ1) is 20.2.